The van der Waals surface area contributed by atoms with E-state index in [-0.39, 0.29) is 18.2 Å². The smallest absolute Gasteiger partial charge is 0.231 e. The van der Waals surface area contributed by atoms with Crippen molar-refractivity contribution in [1.82, 2.24) is 10.1 Å². The maximum absolute atomic E-state index is 12.3. The second-order valence-corrected chi connectivity index (χ2v) is 6.88. The van der Waals surface area contributed by atoms with Crippen LogP contribution in [-0.4, -0.2) is 35.0 Å². The van der Waals surface area contributed by atoms with Crippen LogP contribution in [0.4, 0.5) is 5.82 Å². The summed E-state index contributed by atoms with van der Waals surface area (Å²) in [4.78, 5) is 26.1. The summed E-state index contributed by atoms with van der Waals surface area (Å²) in [6, 6.07) is 6.93. The summed E-state index contributed by atoms with van der Waals surface area (Å²) in [5.41, 5.74) is 0.921. The van der Waals surface area contributed by atoms with Crippen LogP contribution < -0.4 is 5.32 Å². The molecule has 0 radical (unpaired) electrons. The fourth-order valence-electron chi connectivity index (χ4n) is 2.80. The largest absolute Gasteiger partial charge is 0.360 e. The van der Waals surface area contributed by atoms with Gasteiger partial charge in [-0.3, -0.25) is 9.59 Å². The van der Waals surface area contributed by atoms with Gasteiger partial charge in [0.15, 0.2) is 5.82 Å². The predicted molar refractivity (Wildman–Crippen MR) is 94.7 cm³/mol. The number of likely N-dealkylation sites (tertiary alicyclic amines) is 1. The van der Waals surface area contributed by atoms with E-state index in [4.69, 9.17) is 27.7 Å². The van der Waals surface area contributed by atoms with Gasteiger partial charge in [-0.05, 0) is 31.0 Å². The molecule has 0 spiro atoms. The molecule has 1 aliphatic heterocycles. The topological polar surface area (TPSA) is 75.4 Å². The number of rotatable bonds is 5. The lowest BCUT2D eigenvalue weighted by Gasteiger charge is -2.17. The lowest BCUT2D eigenvalue weighted by molar-refractivity contribution is -0.128. The maximum Gasteiger partial charge on any atom is 0.231 e. The molecule has 0 aliphatic carbocycles. The zero-order valence-electron chi connectivity index (χ0n) is 13.6. The SMILES string of the molecule is Cc1cc(NC(=O)C2CC(=O)N(CCc3ccc(Cl)cc3Cl)C2)no1. The summed E-state index contributed by atoms with van der Waals surface area (Å²) in [7, 11) is 0. The number of hydrogen-bond acceptors (Lipinski definition) is 4. The molecule has 3 rings (SSSR count). The van der Waals surface area contributed by atoms with Crippen LogP contribution in [0.5, 0.6) is 0 Å². The summed E-state index contributed by atoms with van der Waals surface area (Å²) in [6.07, 6.45) is 0.801. The van der Waals surface area contributed by atoms with Gasteiger partial charge in [-0.1, -0.05) is 34.4 Å². The number of nitrogens with zero attached hydrogens (tertiary/aromatic N) is 2. The minimum atomic E-state index is -0.398. The second-order valence-electron chi connectivity index (χ2n) is 6.04. The van der Waals surface area contributed by atoms with Crippen molar-refractivity contribution in [3.8, 4) is 0 Å². The molecule has 1 fully saturated rings. The van der Waals surface area contributed by atoms with Crippen molar-refractivity contribution in [1.29, 1.82) is 0 Å². The van der Waals surface area contributed by atoms with Crippen LogP contribution in [0.2, 0.25) is 10.0 Å². The van der Waals surface area contributed by atoms with Crippen molar-refractivity contribution < 1.29 is 14.1 Å². The number of aryl methyl sites for hydroxylation is 1. The van der Waals surface area contributed by atoms with Gasteiger partial charge in [0.05, 0.1) is 5.92 Å². The van der Waals surface area contributed by atoms with E-state index in [0.717, 1.165) is 5.56 Å². The quantitative estimate of drug-likeness (QED) is 0.861. The van der Waals surface area contributed by atoms with E-state index < -0.39 is 5.92 Å². The van der Waals surface area contributed by atoms with E-state index in [0.29, 0.717) is 41.1 Å². The first kappa shape index (κ1) is 17.8. The molecule has 1 aromatic carbocycles. The van der Waals surface area contributed by atoms with Crippen molar-refractivity contribution in [3.05, 3.63) is 45.6 Å². The number of carbonyl (C=O) groups excluding carboxylic acids is 2. The van der Waals surface area contributed by atoms with Gasteiger partial charge in [0, 0.05) is 35.6 Å². The Morgan fingerprint density at radius 2 is 2.20 bits per heavy atom. The van der Waals surface area contributed by atoms with Gasteiger partial charge in [-0.2, -0.15) is 0 Å². The zero-order chi connectivity index (χ0) is 18.0. The molecule has 1 aliphatic rings. The van der Waals surface area contributed by atoms with Gasteiger partial charge in [0.1, 0.15) is 5.76 Å². The highest BCUT2D eigenvalue weighted by atomic mass is 35.5. The van der Waals surface area contributed by atoms with E-state index in [2.05, 4.69) is 10.5 Å². The molecule has 1 N–H and O–H groups in total. The van der Waals surface area contributed by atoms with Crippen molar-refractivity contribution >= 4 is 40.8 Å². The third-order valence-corrected chi connectivity index (χ3v) is 4.72. The van der Waals surface area contributed by atoms with Crippen LogP contribution >= 0.6 is 23.2 Å². The normalized spacial score (nSPS) is 17.2. The van der Waals surface area contributed by atoms with Crippen molar-refractivity contribution in [3.63, 3.8) is 0 Å². The van der Waals surface area contributed by atoms with E-state index >= 15 is 0 Å². The highest BCUT2D eigenvalue weighted by Crippen LogP contribution is 2.24. The number of benzene rings is 1. The van der Waals surface area contributed by atoms with Gasteiger partial charge in [0.2, 0.25) is 11.8 Å². The standard InChI is InChI=1S/C17H17Cl2N3O3/c1-10-6-15(21-25-10)20-17(24)12-7-16(23)22(9-12)5-4-11-2-3-13(18)8-14(11)19/h2-3,6,8,12H,4-5,7,9H2,1H3,(H,20,21,24). The summed E-state index contributed by atoms with van der Waals surface area (Å²) in [5, 5.41) is 7.56. The second kappa shape index (κ2) is 7.45. The Balaban J connectivity index is 1.55. The van der Waals surface area contributed by atoms with E-state index in [9.17, 15) is 9.59 Å². The van der Waals surface area contributed by atoms with Gasteiger partial charge < -0.3 is 14.7 Å². The zero-order valence-corrected chi connectivity index (χ0v) is 15.1. The average molecular weight is 382 g/mol. The van der Waals surface area contributed by atoms with Crippen molar-refractivity contribution in [2.75, 3.05) is 18.4 Å². The Kier molecular flexibility index (Phi) is 5.30. The number of aromatic nitrogens is 1. The molecule has 2 heterocycles. The molecule has 1 saturated heterocycles. The van der Waals surface area contributed by atoms with Crippen LogP contribution in [0.3, 0.4) is 0 Å². The summed E-state index contributed by atoms with van der Waals surface area (Å²) in [6.45, 7) is 2.63. The van der Waals surface area contributed by atoms with Crippen molar-refractivity contribution in [2.45, 2.75) is 19.8 Å². The van der Waals surface area contributed by atoms with Gasteiger partial charge in [0.25, 0.3) is 0 Å². The fourth-order valence-corrected chi connectivity index (χ4v) is 3.30. The molecule has 25 heavy (non-hydrogen) atoms. The molecule has 1 atom stereocenters. The Morgan fingerprint density at radius 1 is 1.40 bits per heavy atom. The van der Waals surface area contributed by atoms with Crippen LogP contribution in [0, 0.1) is 12.8 Å². The Labute approximate surface area is 155 Å². The van der Waals surface area contributed by atoms with Gasteiger partial charge >= 0.3 is 0 Å². The fraction of sp³-hybridized carbons (Fsp3) is 0.353. The monoisotopic (exact) mass is 381 g/mol. The minimum Gasteiger partial charge on any atom is -0.360 e. The van der Waals surface area contributed by atoms with E-state index in [1.165, 1.54) is 0 Å². The molecule has 0 bridgehead atoms. The first-order valence-corrected chi connectivity index (χ1v) is 8.64. The molecule has 2 amide bonds. The highest BCUT2D eigenvalue weighted by molar-refractivity contribution is 6.35. The summed E-state index contributed by atoms with van der Waals surface area (Å²) >= 11 is 12.0. The van der Waals surface area contributed by atoms with Gasteiger partial charge in [-0.25, -0.2) is 0 Å². The number of anilines is 1. The Bertz CT molecular complexity index is 806. The Morgan fingerprint density at radius 3 is 2.88 bits per heavy atom. The highest BCUT2D eigenvalue weighted by Gasteiger charge is 2.34. The molecule has 1 aromatic heterocycles. The third kappa shape index (κ3) is 4.32. The number of halogens is 2. The first-order chi connectivity index (χ1) is 11.9. The molecular formula is C17H17Cl2N3O3. The lowest BCUT2D eigenvalue weighted by Crippen LogP contribution is -2.30. The number of nitrogens with one attached hydrogen (secondary N) is 1. The molecular weight excluding hydrogens is 365 g/mol. The van der Waals surface area contributed by atoms with Gasteiger partial charge in [-0.15, -0.1) is 0 Å². The summed E-state index contributed by atoms with van der Waals surface area (Å²) < 4.78 is 4.91. The molecule has 1 unspecified atom stereocenters. The number of carbonyl (C=O) groups is 2. The average Bonchev–Trinajstić information content (AvgIpc) is 3.12. The molecule has 0 saturated carbocycles. The van der Waals surface area contributed by atoms with Crippen LogP contribution in [0.15, 0.2) is 28.8 Å². The van der Waals surface area contributed by atoms with Crippen LogP contribution in [0.1, 0.15) is 17.7 Å². The third-order valence-electron chi connectivity index (χ3n) is 4.13. The molecule has 132 valence electrons. The van der Waals surface area contributed by atoms with E-state index in [1.54, 1.807) is 30.0 Å². The number of amides is 2. The summed E-state index contributed by atoms with van der Waals surface area (Å²) in [5.74, 6) is 0.307. The van der Waals surface area contributed by atoms with Crippen molar-refractivity contribution in [2.24, 2.45) is 5.92 Å². The lowest BCUT2D eigenvalue weighted by atomic mass is 10.1. The molecule has 6 nitrogen and oxygen atoms in total. The van der Waals surface area contributed by atoms with Crippen LogP contribution in [-0.2, 0) is 16.0 Å². The maximum atomic E-state index is 12.3. The predicted octanol–water partition coefficient (Wildman–Crippen LogP) is 3.32. The molecule has 8 heteroatoms. The Hall–Kier alpha value is -2.05. The first-order valence-electron chi connectivity index (χ1n) is 7.88. The van der Waals surface area contributed by atoms with E-state index in [1.807, 2.05) is 6.07 Å². The molecule has 2 aromatic rings. The van der Waals surface area contributed by atoms with Crippen LogP contribution in [0.25, 0.3) is 0 Å². The minimum absolute atomic E-state index is 0.0402. The number of hydrogen-bond donors (Lipinski definition) is 1.